The van der Waals surface area contributed by atoms with Crippen LogP contribution >= 0.6 is 0 Å². The number of carbonyl (C=O) groups excluding carboxylic acids is 1. The Labute approximate surface area is 190 Å². The van der Waals surface area contributed by atoms with Crippen LogP contribution < -0.4 is 15.6 Å². The summed E-state index contributed by atoms with van der Waals surface area (Å²) in [4.78, 5) is 31.5. The van der Waals surface area contributed by atoms with Gasteiger partial charge in [0, 0.05) is 37.5 Å². The lowest BCUT2D eigenvalue weighted by atomic mass is 10.1. The summed E-state index contributed by atoms with van der Waals surface area (Å²) in [6.45, 7) is 1.94. The standard InChI is InChI=1S/C23H20F4N4O3/c1-10(11-2-3-11)28-23(34)15-9-31(19-16(25)4-12(24)5-17(19)26)21-14(20(15)33)6-18(27)22(29-21)30-7-13(32)8-30/h4-6,9-11,13,32H,2-3,7-8H2,1H3,(H,28,34)/t10-/m1/s1. The zero-order valence-electron chi connectivity index (χ0n) is 18.0. The molecule has 1 saturated carbocycles. The molecule has 5 rings (SSSR count). The molecule has 7 nitrogen and oxygen atoms in total. The van der Waals surface area contributed by atoms with E-state index in [0.29, 0.717) is 12.1 Å². The summed E-state index contributed by atoms with van der Waals surface area (Å²) < 4.78 is 58.7. The molecule has 2 N–H and O–H groups in total. The largest absolute Gasteiger partial charge is 0.389 e. The SMILES string of the molecule is C[C@@H](NC(=O)c1cn(-c2c(F)cc(F)cc2F)c2nc(N3CC(O)C3)c(F)cc2c1=O)C1CC1. The first kappa shape index (κ1) is 22.3. The maximum Gasteiger partial charge on any atom is 0.257 e. The van der Waals surface area contributed by atoms with Gasteiger partial charge in [-0.05, 0) is 31.7 Å². The fraction of sp³-hybridized carbons (Fsp3) is 0.348. The normalized spacial score (nSPS) is 17.1. The third-order valence-corrected chi connectivity index (χ3v) is 6.23. The van der Waals surface area contributed by atoms with Crippen LogP contribution in [0, 0.1) is 29.2 Å². The summed E-state index contributed by atoms with van der Waals surface area (Å²) in [5, 5.41) is 11.9. The van der Waals surface area contributed by atoms with Gasteiger partial charge in [0.15, 0.2) is 28.9 Å². The lowest BCUT2D eigenvalue weighted by Crippen LogP contribution is -2.51. The second kappa shape index (κ2) is 8.08. The van der Waals surface area contributed by atoms with Gasteiger partial charge in [0.05, 0.1) is 11.5 Å². The smallest absolute Gasteiger partial charge is 0.257 e. The summed E-state index contributed by atoms with van der Waals surface area (Å²) in [6.07, 6.45) is 2.10. The van der Waals surface area contributed by atoms with E-state index in [1.807, 2.05) is 0 Å². The third-order valence-electron chi connectivity index (χ3n) is 6.23. The Balaban J connectivity index is 1.74. The molecule has 178 valence electrons. The molecule has 0 radical (unpaired) electrons. The minimum atomic E-state index is -1.30. The van der Waals surface area contributed by atoms with Crippen molar-refractivity contribution >= 4 is 22.8 Å². The van der Waals surface area contributed by atoms with Gasteiger partial charge in [-0.3, -0.25) is 14.2 Å². The molecule has 1 saturated heterocycles. The minimum Gasteiger partial charge on any atom is -0.389 e. The van der Waals surface area contributed by atoms with Crippen molar-refractivity contribution in [2.24, 2.45) is 5.92 Å². The zero-order chi connectivity index (χ0) is 24.3. The molecule has 1 aliphatic carbocycles. The van der Waals surface area contributed by atoms with Crippen molar-refractivity contribution in [2.75, 3.05) is 18.0 Å². The highest BCUT2D eigenvalue weighted by atomic mass is 19.1. The molecular formula is C23H20F4N4O3. The molecule has 1 atom stereocenters. The topological polar surface area (TPSA) is 87.5 Å². The van der Waals surface area contributed by atoms with Gasteiger partial charge in [-0.15, -0.1) is 0 Å². The van der Waals surface area contributed by atoms with Gasteiger partial charge in [0.1, 0.15) is 17.1 Å². The van der Waals surface area contributed by atoms with Crippen molar-refractivity contribution in [2.45, 2.75) is 31.9 Å². The Bertz CT molecular complexity index is 1360. The molecule has 1 amide bonds. The van der Waals surface area contributed by atoms with E-state index in [-0.39, 0.29) is 41.9 Å². The lowest BCUT2D eigenvalue weighted by molar-refractivity contribution is 0.0934. The van der Waals surface area contributed by atoms with Crippen molar-refractivity contribution in [3.63, 3.8) is 0 Å². The lowest BCUT2D eigenvalue weighted by Gasteiger charge is -2.37. The minimum absolute atomic E-state index is 0.0818. The Morgan fingerprint density at radius 1 is 1.12 bits per heavy atom. The molecule has 3 aromatic rings. The highest BCUT2D eigenvalue weighted by Crippen LogP contribution is 2.32. The van der Waals surface area contributed by atoms with E-state index < -0.39 is 52.0 Å². The van der Waals surface area contributed by atoms with Gasteiger partial charge >= 0.3 is 0 Å². The maximum absolute atomic E-state index is 14.9. The first-order valence-corrected chi connectivity index (χ1v) is 10.8. The number of amides is 1. The number of rotatable bonds is 5. The van der Waals surface area contributed by atoms with E-state index in [2.05, 4.69) is 10.3 Å². The highest BCUT2D eigenvalue weighted by Gasteiger charge is 2.32. The van der Waals surface area contributed by atoms with Gasteiger partial charge in [0.25, 0.3) is 5.91 Å². The summed E-state index contributed by atoms with van der Waals surface area (Å²) in [6, 6.07) is 1.52. The predicted octanol–water partition coefficient (Wildman–Crippen LogP) is 2.65. The van der Waals surface area contributed by atoms with E-state index in [0.717, 1.165) is 29.7 Å². The number of pyridine rings is 2. The molecule has 2 fully saturated rings. The number of halogens is 4. The average molecular weight is 476 g/mol. The van der Waals surface area contributed by atoms with Gasteiger partial charge in [-0.25, -0.2) is 22.5 Å². The van der Waals surface area contributed by atoms with Gasteiger partial charge in [-0.2, -0.15) is 0 Å². The van der Waals surface area contributed by atoms with Crippen LogP contribution in [-0.2, 0) is 0 Å². The van der Waals surface area contributed by atoms with E-state index in [9.17, 15) is 32.3 Å². The van der Waals surface area contributed by atoms with Crippen molar-refractivity contribution in [1.82, 2.24) is 14.9 Å². The number of hydrogen-bond acceptors (Lipinski definition) is 5. The van der Waals surface area contributed by atoms with Crippen molar-refractivity contribution in [3.8, 4) is 5.69 Å². The molecule has 0 bridgehead atoms. The number of anilines is 1. The van der Waals surface area contributed by atoms with Crippen LogP contribution in [0.25, 0.3) is 16.7 Å². The average Bonchev–Trinajstić information content (AvgIpc) is 3.58. The van der Waals surface area contributed by atoms with Crippen molar-refractivity contribution in [1.29, 1.82) is 0 Å². The number of nitrogens with zero attached hydrogens (tertiary/aromatic N) is 3. The van der Waals surface area contributed by atoms with Crippen LogP contribution in [0.2, 0.25) is 0 Å². The fourth-order valence-electron chi connectivity index (χ4n) is 4.16. The van der Waals surface area contributed by atoms with Crippen LogP contribution in [0.15, 0.2) is 29.2 Å². The van der Waals surface area contributed by atoms with Crippen LogP contribution in [0.1, 0.15) is 30.1 Å². The number of aliphatic hydroxyl groups excluding tert-OH is 1. The van der Waals surface area contributed by atoms with E-state index in [1.165, 1.54) is 4.90 Å². The molecule has 0 spiro atoms. The summed E-state index contributed by atoms with van der Waals surface area (Å²) in [7, 11) is 0. The summed E-state index contributed by atoms with van der Waals surface area (Å²) >= 11 is 0. The Hall–Kier alpha value is -3.47. The number of benzene rings is 1. The van der Waals surface area contributed by atoms with Gasteiger partial charge in [0.2, 0.25) is 5.43 Å². The molecule has 34 heavy (non-hydrogen) atoms. The summed E-state index contributed by atoms with van der Waals surface area (Å²) in [5.74, 6) is -5.39. The quantitative estimate of drug-likeness (QED) is 0.553. The highest BCUT2D eigenvalue weighted by molar-refractivity contribution is 5.97. The molecule has 2 aliphatic rings. The molecular weight excluding hydrogens is 456 g/mol. The van der Waals surface area contributed by atoms with Crippen molar-refractivity contribution < 1.29 is 27.5 Å². The van der Waals surface area contributed by atoms with Gasteiger partial charge < -0.3 is 15.3 Å². The van der Waals surface area contributed by atoms with E-state index in [1.54, 1.807) is 6.92 Å². The predicted molar refractivity (Wildman–Crippen MR) is 115 cm³/mol. The maximum atomic E-state index is 14.9. The molecule has 3 heterocycles. The number of nitrogens with one attached hydrogen (secondary N) is 1. The number of aliphatic hydroxyl groups is 1. The van der Waals surface area contributed by atoms with Crippen molar-refractivity contribution in [3.05, 3.63) is 63.5 Å². The Morgan fingerprint density at radius 3 is 2.35 bits per heavy atom. The second-order valence-electron chi connectivity index (χ2n) is 8.78. The molecule has 1 aliphatic heterocycles. The van der Waals surface area contributed by atoms with Crippen LogP contribution in [0.4, 0.5) is 23.4 Å². The van der Waals surface area contributed by atoms with E-state index >= 15 is 0 Å². The first-order valence-electron chi connectivity index (χ1n) is 10.8. The van der Waals surface area contributed by atoms with Crippen LogP contribution in [0.3, 0.4) is 0 Å². The number of carbonyl (C=O) groups is 1. The van der Waals surface area contributed by atoms with E-state index in [4.69, 9.17) is 0 Å². The number of β-amino-alcohol motifs (C(OH)–C–C–N with tert-alkyl or cyclic N) is 1. The zero-order valence-corrected chi connectivity index (χ0v) is 18.0. The Kier molecular flexibility index (Phi) is 5.31. The monoisotopic (exact) mass is 476 g/mol. The third kappa shape index (κ3) is 3.79. The molecule has 11 heteroatoms. The molecule has 1 aromatic carbocycles. The summed E-state index contributed by atoms with van der Waals surface area (Å²) in [5.41, 5.74) is -2.42. The fourth-order valence-corrected chi connectivity index (χ4v) is 4.16. The molecule has 2 aromatic heterocycles. The first-order chi connectivity index (χ1) is 16.1. The number of hydrogen-bond donors (Lipinski definition) is 2. The number of fused-ring (bicyclic) bond motifs is 1. The van der Waals surface area contributed by atoms with Crippen LogP contribution in [0.5, 0.6) is 0 Å². The van der Waals surface area contributed by atoms with Crippen LogP contribution in [-0.4, -0.2) is 45.8 Å². The molecule has 0 unspecified atom stereocenters. The second-order valence-corrected chi connectivity index (χ2v) is 8.78. The van der Waals surface area contributed by atoms with Gasteiger partial charge in [-0.1, -0.05) is 0 Å². The Morgan fingerprint density at radius 2 is 1.76 bits per heavy atom. The number of aromatic nitrogens is 2.